The third-order valence-corrected chi connectivity index (χ3v) is 6.90. The van der Waals surface area contributed by atoms with Gasteiger partial charge in [-0.15, -0.1) is 0 Å². The first-order valence-corrected chi connectivity index (χ1v) is 11.9. The number of nitrogens with zero attached hydrogens (tertiary/aromatic N) is 4. The summed E-state index contributed by atoms with van der Waals surface area (Å²) in [5.41, 5.74) is 11.9. The molecule has 0 aliphatic rings. The SMILES string of the molecule is Cc1ccc2c(c1)c1cc(-c3ccccc3)ccc1n2-c1c(C)cc(C)c(-c2ncncn2)c1C. The second-order valence-corrected chi connectivity index (χ2v) is 9.27. The van der Waals surface area contributed by atoms with E-state index in [1.807, 2.05) is 0 Å². The van der Waals surface area contributed by atoms with Gasteiger partial charge in [0.2, 0.25) is 0 Å². The van der Waals surface area contributed by atoms with Gasteiger partial charge in [-0.3, -0.25) is 0 Å². The van der Waals surface area contributed by atoms with E-state index in [2.05, 4.69) is 120 Å². The lowest BCUT2D eigenvalue weighted by Crippen LogP contribution is -2.05. The molecule has 0 spiro atoms. The molecule has 0 bridgehead atoms. The smallest absolute Gasteiger partial charge is 0.163 e. The van der Waals surface area contributed by atoms with Crippen LogP contribution in [0.2, 0.25) is 0 Å². The minimum absolute atomic E-state index is 0.708. The third kappa shape index (κ3) is 3.41. The Labute approximate surface area is 205 Å². The molecule has 4 heteroatoms. The second kappa shape index (κ2) is 8.17. The van der Waals surface area contributed by atoms with Crippen LogP contribution in [0.4, 0.5) is 0 Å². The van der Waals surface area contributed by atoms with Crippen molar-refractivity contribution < 1.29 is 0 Å². The van der Waals surface area contributed by atoms with E-state index in [4.69, 9.17) is 0 Å². The van der Waals surface area contributed by atoms with Crippen LogP contribution in [0.25, 0.3) is 50.0 Å². The van der Waals surface area contributed by atoms with E-state index >= 15 is 0 Å². The first-order chi connectivity index (χ1) is 17.0. The second-order valence-electron chi connectivity index (χ2n) is 9.27. The summed E-state index contributed by atoms with van der Waals surface area (Å²) in [5, 5.41) is 2.52. The molecular weight excluding hydrogens is 428 g/mol. The van der Waals surface area contributed by atoms with Gasteiger partial charge in [-0.1, -0.05) is 54.1 Å². The Balaban J connectivity index is 1.70. The van der Waals surface area contributed by atoms with Gasteiger partial charge in [-0.05, 0) is 79.8 Å². The highest BCUT2D eigenvalue weighted by Crippen LogP contribution is 2.39. The lowest BCUT2D eigenvalue weighted by Gasteiger charge is -2.19. The number of hydrogen-bond donors (Lipinski definition) is 0. The number of aryl methyl sites for hydroxylation is 3. The lowest BCUT2D eigenvalue weighted by molar-refractivity contribution is 1.04. The summed E-state index contributed by atoms with van der Waals surface area (Å²) < 4.78 is 2.41. The summed E-state index contributed by atoms with van der Waals surface area (Å²) in [6.45, 7) is 8.66. The molecule has 0 amide bonds. The van der Waals surface area contributed by atoms with E-state index < -0.39 is 0 Å². The number of hydrogen-bond acceptors (Lipinski definition) is 3. The van der Waals surface area contributed by atoms with Crippen molar-refractivity contribution in [3.8, 4) is 28.2 Å². The maximum atomic E-state index is 4.47. The molecule has 0 unspecified atom stereocenters. The first kappa shape index (κ1) is 21.2. The quantitative estimate of drug-likeness (QED) is 0.277. The lowest BCUT2D eigenvalue weighted by atomic mass is 9.96. The Kier molecular flexibility index (Phi) is 4.96. The first-order valence-electron chi connectivity index (χ1n) is 11.9. The molecule has 0 aliphatic heterocycles. The van der Waals surface area contributed by atoms with Gasteiger partial charge in [0, 0.05) is 16.3 Å². The molecule has 0 fully saturated rings. The highest BCUT2D eigenvalue weighted by atomic mass is 15.0. The molecule has 2 heterocycles. The molecule has 2 aromatic heterocycles. The van der Waals surface area contributed by atoms with E-state index in [9.17, 15) is 0 Å². The van der Waals surface area contributed by atoms with Gasteiger partial charge in [0.25, 0.3) is 0 Å². The molecule has 0 aliphatic carbocycles. The van der Waals surface area contributed by atoms with Crippen LogP contribution in [0.15, 0.2) is 85.5 Å². The Morgan fingerprint density at radius 2 is 1.31 bits per heavy atom. The largest absolute Gasteiger partial charge is 0.309 e. The van der Waals surface area contributed by atoms with Crippen LogP contribution in [0.1, 0.15) is 22.3 Å². The van der Waals surface area contributed by atoms with Gasteiger partial charge in [0.1, 0.15) is 12.7 Å². The van der Waals surface area contributed by atoms with Crippen molar-refractivity contribution in [2.45, 2.75) is 27.7 Å². The van der Waals surface area contributed by atoms with Crippen molar-refractivity contribution in [2.24, 2.45) is 0 Å². The molecule has 170 valence electrons. The van der Waals surface area contributed by atoms with Crippen LogP contribution in [0.3, 0.4) is 0 Å². The average molecular weight is 455 g/mol. The fourth-order valence-electron chi connectivity index (χ4n) is 5.42. The summed E-state index contributed by atoms with van der Waals surface area (Å²) in [6.07, 6.45) is 3.13. The molecular formula is C31H26N4. The summed E-state index contributed by atoms with van der Waals surface area (Å²) in [4.78, 5) is 13.0. The zero-order valence-corrected chi connectivity index (χ0v) is 20.4. The Morgan fingerprint density at radius 3 is 2.06 bits per heavy atom. The van der Waals surface area contributed by atoms with Gasteiger partial charge >= 0.3 is 0 Å². The fraction of sp³-hybridized carbons (Fsp3) is 0.129. The number of fused-ring (bicyclic) bond motifs is 3. The van der Waals surface area contributed by atoms with Crippen LogP contribution in [-0.2, 0) is 0 Å². The normalized spacial score (nSPS) is 11.4. The molecule has 35 heavy (non-hydrogen) atoms. The van der Waals surface area contributed by atoms with Gasteiger partial charge in [-0.25, -0.2) is 15.0 Å². The number of rotatable bonds is 3. The number of aromatic nitrogens is 4. The van der Waals surface area contributed by atoms with E-state index in [0.29, 0.717) is 5.82 Å². The van der Waals surface area contributed by atoms with Crippen molar-refractivity contribution in [1.29, 1.82) is 0 Å². The van der Waals surface area contributed by atoms with Crippen LogP contribution >= 0.6 is 0 Å². The average Bonchev–Trinajstić information content (AvgIpc) is 3.18. The van der Waals surface area contributed by atoms with Gasteiger partial charge in [0.15, 0.2) is 5.82 Å². The zero-order valence-electron chi connectivity index (χ0n) is 20.4. The van der Waals surface area contributed by atoms with Crippen LogP contribution < -0.4 is 0 Å². The van der Waals surface area contributed by atoms with Crippen LogP contribution in [0.5, 0.6) is 0 Å². The predicted octanol–water partition coefficient (Wildman–Crippen LogP) is 7.54. The van der Waals surface area contributed by atoms with Gasteiger partial charge in [-0.2, -0.15) is 0 Å². The van der Waals surface area contributed by atoms with E-state index in [-0.39, 0.29) is 0 Å². The molecule has 4 nitrogen and oxygen atoms in total. The fourth-order valence-corrected chi connectivity index (χ4v) is 5.42. The molecule has 0 saturated heterocycles. The third-order valence-electron chi connectivity index (χ3n) is 6.90. The van der Waals surface area contributed by atoms with E-state index in [0.717, 1.165) is 11.1 Å². The molecule has 0 saturated carbocycles. The highest BCUT2D eigenvalue weighted by molar-refractivity contribution is 6.11. The van der Waals surface area contributed by atoms with E-state index in [1.54, 1.807) is 12.7 Å². The number of benzene rings is 4. The Bertz CT molecular complexity index is 1710. The van der Waals surface area contributed by atoms with Crippen molar-refractivity contribution in [2.75, 3.05) is 0 Å². The van der Waals surface area contributed by atoms with Crippen molar-refractivity contribution in [3.63, 3.8) is 0 Å². The van der Waals surface area contributed by atoms with Crippen molar-refractivity contribution in [1.82, 2.24) is 19.5 Å². The van der Waals surface area contributed by atoms with Gasteiger partial charge in [0.05, 0.1) is 16.7 Å². The van der Waals surface area contributed by atoms with Crippen molar-refractivity contribution >= 4 is 21.8 Å². The molecule has 0 atom stereocenters. The molecule has 6 aromatic rings. The zero-order chi connectivity index (χ0) is 24.1. The summed E-state index contributed by atoms with van der Waals surface area (Å²) in [5.74, 6) is 0.708. The Morgan fingerprint density at radius 1 is 0.629 bits per heavy atom. The summed E-state index contributed by atoms with van der Waals surface area (Å²) in [6, 6.07) is 26.4. The maximum absolute atomic E-state index is 4.47. The maximum Gasteiger partial charge on any atom is 0.163 e. The molecule has 4 aromatic carbocycles. The summed E-state index contributed by atoms with van der Waals surface area (Å²) >= 11 is 0. The minimum atomic E-state index is 0.708. The van der Waals surface area contributed by atoms with Gasteiger partial charge < -0.3 is 4.57 Å². The molecule has 0 radical (unpaired) electrons. The van der Waals surface area contributed by atoms with Crippen molar-refractivity contribution in [3.05, 3.63) is 108 Å². The predicted molar refractivity (Wildman–Crippen MR) is 144 cm³/mol. The highest BCUT2D eigenvalue weighted by Gasteiger charge is 2.20. The van der Waals surface area contributed by atoms with Crippen LogP contribution in [0, 0.1) is 27.7 Å². The van der Waals surface area contributed by atoms with E-state index in [1.165, 1.54) is 55.3 Å². The topological polar surface area (TPSA) is 43.6 Å². The minimum Gasteiger partial charge on any atom is -0.309 e. The molecule has 0 N–H and O–H groups in total. The Hall–Kier alpha value is -4.31. The van der Waals surface area contributed by atoms with Crippen LogP contribution in [-0.4, -0.2) is 19.5 Å². The molecule has 6 rings (SSSR count). The monoisotopic (exact) mass is 454 g/mol. The standard InChI is InChI=1S/C31H26N4/c1-19-10-12-27-25(14-19)26-16-24(23-8-6-5-7-9-23)11-13-28(26)35(27)30-21(3)15-20(2)29(22(30)4)31-33-17-32-18-34-31/h5-18H,1-4H3. The summed E-state index contributed by atoms with van der Waals surface area (Å²) in [7, 11) is 0.